The Morgan fingerprint density at radius 2 is 2.08 bits per heavy atom. The number of carbonyl (C=O) groups excluding carboxylic acids is 1. The quantitative estimate of drug-likeness (QED) is 0.671. The molecule has 5 heteroatoms. The third-order valence-corrected chi connectivity index (χ3v) is 1.38. The lowest BCUT2D eigenvalue weighted by Gasteiger charge is -2.05. The average molecular weight is 190 g/mol. The highest BCUT2D eigenvalue weighted by atomic mass is 19.4. The van der Waals surface area contributed by atoms with Crippen LogP contribution in [0.15, 0.2) is 23.1 Å². The summed E-state index contributed by atoms with van der Waals surface area (Å²) in [4.78, 5) is 10.1. The van der Waals surface area contributed by atoms with E-state index in [0.29, 0.717) is 6.29 Å². The Bertz CT molecular complexity index is 335. The van der Waals surface area contributed by atoms with Gasteiger partial charge in [-0.3, -0.25) is 4.79 Å². The first-order chi connectivity index (χ1) is 5.95. The van der Waals surface area contributed by atoms with E-state index in [1.165, 1.54) is 0 Å². The molecule has 0 aliphatic carbocycles. The molecular weight excluding hydrogens is 185 g/mol. The maximum atomic E-state index is 12.0. The third kappa shape index (κ3) is 1.99. The lowest BCUT2D eigenvalue weighted by Crippen LogP contribution is -2.08. The summed E-state index contributed by atoms with van der Waals surface area (Å²) in [5.74, 6) is -0.588. The number of carbonyl (C=O) groups is 1. The molecule has 13 heavy (non-hydrogen) atoms. The number of hydrogen-bond donors (Lipinski definition) is 0. The summed E-state index contributed by atoms with van der Waals surface area (Å²) in [5.41, 5.74) is -1.10. The normalized spacial score (nSPS) is 11.3. The summed E-state index contributed by atoms with van der Waals surface area (Å²) in [6, 6.07) is 2.21. The van der Waals surface area contributed by atoms with E-state index in [0.717, 1.165) is 12.1 Å². The Morgan fingerprint density at radius 3 is 2.46 bits per heavy atom. The Balaban J connectivity index is 2.96. The molecule has 70 valence electrons. The fourth-order valence-corrected chi connectivity index (χ4v) is 0.718. The Morgan fingerprint density at radius 1 is 1.46 bits per heavy atom. The van der Waals surface area contributed by atoms with Gasteiger partial charge in [0.2, 0.25) is 0 Å². The van der Waals surface area contributed by atoms with Crippen LogP contribution in [0.4, 0.5) is 13.2 Å². The van der Waals surface area contributed by atoms with Crippen LogP contribution in [0.5, 0.6) is 0 Å². The number of halogens is 3. The maximum absolute atomic E-state index is 12.0. The second kappa shape index (κ2) is 3.08. The smallest absolute Gasteiger partial charge is 0.419 e. The van der Waals surface area contributed by atoms with Gasteiger partial charge in [-0.15, -0.1) is 0 Å². The van der Waals surface area contributed by atoms with Crippen molar-refractivity contribution in [2.75, 3.05) is 0 Å². The second-order valence-corrected chi connectivity index (χ2v) is 2.30. The molecule has 0 bridgehead atoms. The molecule has 0 saturated carbocycles. The Labute approximate surface area is 71.7 Å². The van der Waals surface area contributed by atoms with E-state index >= 15 is 0 Å². The molecule has 0 unspecified atom stereocenters. The van der Waals surface area contributed by atoms with Gasteiger partial charge in [0.15, 0.2) is 12.0 Å². The van der Waals surface area contributed by atoms with E-state index in [-0.39, 0.29) is 5.76 Å². The maximum Gasteiger partial charge on any atom is 0.419 e. The van der Waals surface area contributed by atoms with E-state index in [9.17, 15) is 18.0 Å². The third-order valence-electron chi connectivity index (χ3n) is 1.38. The lowest BCUT2D eigenvalue weighted by molar-refractivity contribution is -0.0697. The van der Waals surface area contributed by atoms with Crippen molar-refractivity contribution < 1.29 is 22.4 Å². The van der Waals surface area contributed by atoms with Crippen molar-refractivity contribution in [2.24, 2.45) is 0 Å². The first-order valence-corrected chi connectivity index (χ1v) is 3.26. The lowest BCUT2D eigenvalue weighted by atomic mass is 10.2. The minimum Gasteiger partial charge on any atom is -0.453 e. The SMILES string of the molecule is C=C(c1ccc(C=O)o1)C(F)(F)F. The Kier molecular flexibility index (Phi) is 2.27. The monoisotopic (exact) mass is 190 g/mol. The van der Waals surface area contributed by atoms with Crippen molar-refractivity contribution in [3.8, 4) is 0 Å². The van der Waals surface area contributed by atoms with Crippen molar-refractivity contribution in [1.29, 1.82) is 0 Å². The average Bonchev–Trinajstić information content (AvgIpc) is 2.48. The zero-order chi connectivity index (χ0) is 10.1. The molecule has 0 saturated heterocycles. The number of hydrogen-bond acceptors (Lipinski definition) is 2. The number of aldehydes is 1. The van der Waals surface area contributed by atoms with Crippen molar-refractivity contribution in [1.82, 2.24) is 0 Å². The van der Waals surface area contributed by atoms with Gasteiger partial charge in [-0.25, -0.2) is 0 Å². The molecule has 0 aliphatic rings. The van der Waals surface area contributed by atoms with Crippen LogP contribution in [0, 0.1) is 0 Å². The van der Waals surface area contributed by atoms with Crippen molar-refractivity contribution in [2.45, 2.75) is 6.18 Å². The van der Waals surface area contributed by atoms with E-state index in [4.69, 9.17) is 0 Å². The largest absolute Gasteiger partial charge is 0.453 e. The topological polar surface area (TPSA) is 30.2 Å². The standard InChI is InChI=1S/C8H5F3O2/c1-5(8(9,10)11)7-3-2-6(4-12)13-7/h2-4H,1H2. The van der Waals surface area contributed by atoms with E-state index in [1.807, 2.05) is 0 Å². The molecule has 0 radical (unpaired) electrons. The molecule has 2 nitrogen and oxygen atoms in total. The van der Waals surface area contributed by atoms with Crippen LogP contribution in [0.2, 0.25) is 0 Å². The molecule has 0 amide bonds. The van der Waals surface area contributed by atoms with Gasteiger partial charge in [-0.05, 0) is 12.1 Å². The molecular formula is C8H5F3O2. The fraction of sp³-hybridized carbons (Fsp3) is 0.125. The van der Waals surface area contributed by atoms with Gasteiger partial charge < -0.3 is 4.42 Å². The summed E-state index contributed by atoms with van der Waals surface area (Å²) in [6.07, 6.45) is -4.20. The van der Waals surface area contributed by atoms with Crippen LogP contribution >= 0.6 is 0 Å². The molecule has 1 rings (SSSR count). The van der Waals surface area contributed by atoms with Gasteiger partial charge in [-0.1, -0.05) is 6.58 Å². The summed E-state index contributed by atoms with van der Waals surface area (Å²) >= 11 is 0. The molecule has 1 aromatic heterocycles. The Hall–Kier alpha value is -1.52. The van der Waals surface area contributed by atoms with Crippen LogP contribution in [-0.2, 0) is 0 Å². The van der Waals surface area contributed by atoms with Crippen molar-refractivity contribution >= 4 is 11.9 Å². The summed E-state index contributed by atoms with van der Waals surface area (Å²) in [7, 11) is 0. The fourth-order valence-electron chi connectivity index (χ4n) is 0.718. The number of furan rings is 1. The van der Waals surface area contributed by atoms with Gasteiger partial charge in [0, 0.05) is 0 Å². The van der Waals surface area contributed by atoms with Crippen LogP contribution < -0.4 is 0 Å². The van der Waals surface area contributed by atoms with Crippen LogP contribution in [0.3, 0.4) is 0 Å². The van der Waals surface area contributed by atoms with E-state index < -0.39 is 17.5 Å². The number of alkyl halides is 3. The molecule has 0 N–H and O–H groups in total. The predicted octanol–water partition coefficient (Wildman–Crippen LogP) is 2.67. The molecule has 1 heterocycles. The van der Waals surface area contributed by atoms with Crippen LogP contribution in [0.25, 0.3) is 5.57 Å². The summed E-state index contributed by atoms with van der Waals surface area (Å²) in [5, 5.41) is 0. The summed E-state index contributed by atoms with van der Waals surface area (Å²) in [6.45, 7) is 2.81. The molecule has 0 aromatic carbocycles. The number of allylic oxidation sites excluding steroid dienone is 1. The van der Waals surface area contributed by atoms with Gasteiger partial charge in [-0.2, -0.15) is 13.2 Å². The number of rotatable bonds is 2. The molecule has 0 spiro atoms. The van der Waals surface area contributed by atoms with Crippen molar-refractivity contribution in [3.05, 3.63) is 30.2 Å². The highest BCUT2D eigenvalue weighted by molar-refractivity contribution is 5.73. The highest BCUT2D eigenvalue weighted by Crippen LogP contribution is 2.32. The molecule has 1 aromatic rings. The van der Waals surface area contributed by atoms with Gasteiger partial charge in [0.25, 0.3) is 0 Å². The first-order valence-electron chi connectivity index (χ1n) is 3.26. The summed E-state index contributed by atoms with van der Waals surface area (Å²) < 4.78 is 40.5. The first kappa shape index (κ1) is 9.57. The molecule has 0 atom stereocenters. The minimum atomic E-state index is -4.53. The zero-order valence-corrected chi connectivity index (χ0v) is 6.39. The molecule has 0 fully saturated rings. The van der Waals surface area contributed by atoms with E-state index in [1.54, 1.807) is 0 Å². The second-order valence-electron chi connectivity index (χ2n) is 2.30. The molecule has 0 aliphatic heterocycles. The zero-order valence-electron chi connectivity index (χ0n) is 6.39. The predicted molar refractivity (Wildman–Crippen MR) is 39.2 cm³/mol. The van der Waals surface area contributed by atoms with Gasteiger partial charge >= 0.3 is 6.18 Å². The van der Waals surface area contributed by atoms with Gasteiger partial charge in [0.05, 0.1) is 5.57 Å². The van der Waals surface area contributed by atoms with E-state index in [2.05, 4.69) is 11.0 Å². The highest BCUT2D eigenvalue weighted by Gasteiger charge is 2.34. The van der Waals surface area contributed by atoms with Crippen LogP contribution in [-0.4, -0.2) is 12.5 Å². The minimum absolute atomic E-state index is 0.152. The van der Waals surface area contributed by atoms with Gasteiger partial charge in [0.1, 0.15) is 5.76 Å². The van der Waals surface area contributed by atoms with Crippen LogP contribution in [0.1, 0.15) is 16.3 Å². The van der Waals surface area contributed by atoms with Crippen molar-refractivity contribution in [3.63, 3.8) is 0 Å².